The second-order valence-electron chi connectivity index (χ2n) is 6.02. The van der Waals surface area contributed by atoms with Crippen molar-refractivity contribution in [3.63, 3.8) is 0 Å². The normalized spacial score (nSPS) is 37.7. The number of rotatable bonds is 5. The highest BCUT2D eigenvalue weighted by Crippen LogP contribution is 2.17. The summed E-state index contributed by atoms with van der Waals surface area (Å²) in [6.45, 7) is 2.03. The van der Waals surface area contributed by atoms with E-state index in [1.54, 1.807) is 0 Å². The van der Waals surface area contributed by atoms with Crippen molar-refractivity contribution in [3.05, 3.63) is 0 Å². The SMILES string of the molecule is NC1CCCC[C@H]1NCCNC1CCCC[C@H]1N. The summed E-state index contributed by atoms with van der Waals surface area (Å²) >= 11 is 0. The van der Waals surface area contributed by atoms with Crippen molar-refractivity contribution >= 4 is 0 Å². The third kappa shape index (κ3) is 4.19. The fourth-order valence-electron chi connectivity index (χ4n) is 3.34. The van der Waals surface area contributed by atoms with Gasteiger partial charge in [-0.15, -0.1) is 0 Å². The van der Waals surface area contributed by atoms with Crippen LogP contribution in [0.5, 0.6) is 0 Å². The summed E-state index contributed by atoms with van der Waals surface area (Å²) in [4.78, 5) is 0. The Morgan fingerprint density at radius 2 is 1.06 bits per heavy atom. The van der Waals surface area contributed by atoms with Gasteiger partial charge < -0.3 is 22.1 Å². The molecule has 2 aliphatic carbocycles. The van der Waals surface area contributed by atoms with Crippen LogP contribution in [0.25, 0.3) is 0 Å². The highest BCUT2D eigenvalue weighted by molar-refractivity contribution is 4.86. The first kappa shape index (κ1) is 14.3. The van der Waals surface area contributed by atoms with Crippen LogP contribution >= 0.6 is 0 Å². The maximum absolute atomic E-state index is 6.12. The quantitative estimate of drug-likeness (QED) is 0.545. The van der Waals surface area contributed by atoms with Gasteiger partial charge in [-0.3, -0.25) is 0 Å². The third-order valence-corrected chi connectivity index (χ3v) is 4.58. The van der Waals surface area contributed by atoms with Gasteiger partial charge in [0.15, 0.2) is 0 Å². The molecule has 106 valence electrons. The minimum absolute atomic E-state index is 0.357. The Bertz CT molecular complexity index is 210. The smallest absolute Gasteiger partial charge is 0.0219 e. The minimum Gasteiger partial charge on any atom is -0.326 e. The van der Waals surface area contributed by atoms with Crippen molar-refractivity contribution < 1.29 is 0 Å². The van der Waals surface area contributed by atoms with Gasteiger partial charge in [-0.25, -0.2) is 0 Å². The molecule has 2 saturated carbocycles. The van der Waals surface area contributed by atoms with Crippen LogP contribution in [0, 0.1) is 0 Å². The minimum atomic E-state index is 0.357. The summed E-state index contributed by atoms with van der Waals surface area (Å²) in [5.41, 5.74) is 12.2. The molecule has 0 saturated heterocycles. The van der Waals surface area contributed by atoms with Gasteiger partial charge in [0.2, 0.25) is 0 Å². The van der Waals surface area contributed by atoms with Crippen LogP contribution in [0.3, 0.4) is 0 Å². The fourth-order valence-corrected chi connectivity index (χ4v) is 3.34. The molecule has 18 heavy (non-hydrogen) atoms. The molecule has 0 bridgehead atoms. The Morgan fingerprint density at radius 1 is 0.667 bits per heavy atom. The summed E-state index contributed by atoms with van der Waals surface area (Å²) < 4.78 is 0. The molecule has 2 aliphatic rings. The summed E-state index contributed by atoms with van der Waals surface area (Å²) in [5, 5.41) is 7.19. The van der Waals surface area contributed by atoms with Crippen molar-refractivity contribution in [3.8, 4) is 0 Å². The van der Waals surface area contributed by atoms with Crippen molar-refractivity contribution in [2.45, 2.75) is 75.5 Å². The molecule has 4 atom stereocenters. The van der Waals surface area contributed by atoms with E-state index in [0.29, 0.717) is 24.2 Å². The van der Waals surface area contributed by atoms with E-state index < -0.39 is 0 Å². The molecule has 6 N–H and O–H groups in total. The molecular formula is C14H30N4. The second kappa shape index (κ2) is 7.43. The first-order chi connectivity index (χ1) is 8.77. The molecule has 0 aromatic rings. The van der Waals surface area contributed by atoms with Crippen LogP contribution in [0.4, 0.5) is 0 Å². The lowest BCUT2D eigenvalue weighted by Gasteiger charge is -2.31. The van der Waals surface area contributed by atoms with E-state index in [4.69, 9.17) is 11.5 Å². The molecule has 4 nitrogen and oxygen atoms in total. The van der Waals surface area contributed by atoms with E-state index in [-0.39, 0.29) is 0 Å². The van der Waals surface area contributed by atoms with Gasteiger partial charge in [0.05, 0.1) is 0 Å². The fraction of sp³-hybridized carbons (Fsp3) is 1.00. The van der Waals surface area contributed by atoms with Crippen LogP contribution in [-0.2, 0) is 0 Å². The Hall–Kier alpha value is -0.160. The number of nitrogens with one attached hydrogen (secondary N) is 2. The van der Waals surface area contributed by atoms with Crippen molar-refractivity contribution in [1.82, 2.24) is 10.6 Å². The number of hydrogen-bond donors (Lipinski definition) is 4. The molecule has 0 radical (unpaired) electrons. The van der Waals surface area contributed by atoms with Gasteiger partial charge >= 0.3 is 0 Å². The zero-order chi connectivity index (χ0) is 12.8. The zero-order valence-electron chi connectivity index (χ0n) is 11.5. The molecule has 0 spiro atoms. The average molecular weight is 254 g/mol. The Labute approximate surface area is 111 Å². The Morgan fingerprint density at radius 3 is 1.44 bits per heavy atom. The highest BCUT2D eigenvalue weighted by atomic mass is 15.0. The van der Waals surface area contributed by atoms with Crippen molar-refractivity contribution in [2.24, 2.45) is 11.5 Å². The van der Waals surface area contributed by atoms with E-state index in [1.807, 2.05) is 0 Å². The summed E-state index contributed by atoms with van der Waals surface area (Å²) in [5.74, 6) is 0. The van der Waals surface area contributed by atoms with E-state index >= 15 is 0 Å². The van der Waals surface area contributed by atoms with Crippen molar-refractivity contribution in [2.75, 3.05) is 13.1 Å². The molecule has 2 fully saturated rings. The maximum Gasteiger partial charge on any atom is 0.0219 e. The monoisotopic (exact) mass is 254 g/mol. The van der Waals surface area contributed by atoms with Gasteiger partial charge in [0, 0.05) is 37.3 Å². The Kier molecular flexibility index (Phi) is 5.89. The molecule has 2 unspecified atom stereocenters. The van der Waals surface area contributed by atoms with Crippen LogP contribution in [0.2, 0.25) is 0 Å². The molecule has 0 amide bonds. The van der Waals surface area contributed by atoms with Gasteiger partial charge in [0.1, 0.15) is 0 Å². The van der Waals surface area contributed by atoms with E-state index in [0.717, 1.165) is 13.1 Å². The lowest BCUT2D eigenvalue weighted by atomic mass is 9.90. The molecule has 0 aromatic heterocycles. The summed E-state index contributed by atoms with van der Waals surface area (Å²) in [7, 11) is 0. The topological polar surface area (TPSA) is 76.1 Å². The van der Waals surface area contributed by atoms with Crippen LogP contribution in [0.15, 0.2) is 0 Å². The van der Waals surface area contributed by atoms with E-state index in [9.17, 15) is 0 Å². The second-order valence-corrected chi connectivity index (χ2v) is 6.02. The third-order valence-electron chi connectivity index (χ3n) is 4.58. The van der Waals surface area contributed by atoms with E-state index in [1.165, 1.54) is 51.4 Å². The zero-order valence-corrected chi connectivity index (χ0v) is 11.5. The lowest BCUT2D eigenvalue weighted by molar-refractivity contribution is 0.306. The molecule has 2 rings (SSSR count). The first-order valence-corrected chi connectivity index (χ1v) is 7.75. The number of hydrogen-bond acceptors (Lipinski definition) is 4. The molecule has 0 aromatic carbocycles. The predicted molar refractivity (Wildman–Crippen MR) is 76.5 cm³/mol. The maximum atomic E-state index is 6.12. The molecular weight excluding hydrogens is 224 g/mol. The lowest BCUT2D eigenvalue weighted by Crippen LogP contribution is -2.51. The first-order valence-electron chi connectivity index (χ1n) is 7.75. The molecule has 4 heteroatoms. The largest absolute Gasteiger partial charge is 0.326 e. The summed E-state index contributed by atoms with van der Waals surface area (Å²) in [6.07, 6.45) is 10.1. The van der Waals surface area contributed by atoms with Crippen LogP contribution < -0.4 is 22.1 Å². The predicted octanol–water partition coefficient (Wildman–Crippen LogP) is 0.705. The van der Waals surface area contributed by atoms with Crippen LogP contribution in [0.1, 0.15) is 51.4 Å². The highest BCUT2D eigenvalue weighted by Gasteiger charge is 2.22. The van der Waals surface area contributed by atoms with Crippen molar-refractivity contribution in [1.29, 1.82) is 0 Å². The molecule has 0 aliphatic heterocycles. The van der Waals surface area contributed by atoms with Crippen LogP contribution in [-0.4, -0.2) is 37.3 Å². The average Bonchev–Trinajstić information content (AvgIpc) is 2.38. The number of nitrogens with two attached hydrogens (primary N) is 2. The van der Waals surface area contributed by atoms with E-state index in [2.05, 4.69) is 10.6 Å². The summed E-state index contributed by atoms with van der Waals surface area (Å²) in [6, 6.07) is 1.77. The van der Waals surface area contributed by atoms with Gasteiger partial charge in [-0.05, 0) is 25.7 Å². The standard InChI is InChI=1S/C14H30N4/c15-11-5-1-3-7-13(11)17-9-10-18-14-8-4-2-6-12(14)16/h11-14,17-18H,1-10,15-16H2/t11-,12?,13?,14-/m1/s1. The van der Waals surface area contributed by atoms with Gasteiger partial charge in [-0.1, -0.05) is 25.7 Å². The van der Waals surface area contributed by atoms with Gasteiger partial charge in [0.25, 0.3) is 0 Å². The molecule has 0 heterocycles. The van der Waals surface area contributed by atoms with Gasteiger partial charge in [-0.2, -0.15) is 0 Å². The Balaban J connectivity index is 1.57.